The van der Waals surface area contributed by atoms with Crippen LogP contribution in [-0.2, 0) is 10.9 Å². The predicted octanol–water partition coefficient (Wildman–Crippen LogP) is 3.97. The zero-order chi connectivity index (χ0) is 15.8. The van der Waals surface area contributed by atoms with Crippen molar-refractivity contribution in [2.75, 3.05) is 7.11 Å². The predicted molar refractivity (Wildman–Crippen MR) is 71.4 cm³/mol. The van der Waals surface area contributed by atoms with Gasteiger partial charge in [0, 0.05) is 11.6 Å². The average molecular weight is 337 g/mol. The van der Waals surface area contributed by atoms with Crippen LogP contribution in [0.25, 0.3) is 11.3 Å². The Balaban J connectivity index is 2.65. The number of halogens is 4. The second kappa shape index (κ2) is 5.61. The molecule has 2 heterocycles. The molecule has 0 radical (unpaired) electrons. The molecule has 9 heteroatoms. The Morgan fingerprint density at radius 3 is 2.62 bits per heavy atom. The summed E-state index contributed by atoms with van der Waals surface area (Å²) in [4.78, 5) is 18.5. The maximum atomic E-state index is 12.7. The summed E-state index contributed by atoms with van der Waals surface area (Å²) in [5, 5.41) is 1.28. The largest absolute Gasteiger partial charge is 0.465 e. The number of thiophene rings is 1. The highest BCUT2D eigenvalue weighted by Gasteiger charge is 2.36. The molecule has 4 nitrogen and oxygen atoms in total. The Bertz CT molecular complexity index is 700. The van der Waals surface area contributed by atoms with E-state index in [-0.39, 0.29) is 21.3 Å². The van der Waals surface area contributed by atoms with E-state index in [0.717, 1.165) is 11.3 Å². The third-order valence-corrected chi connectivity index (χ3v) is 3.82. The van der Waals surface area contributed by atoms with Gasteiger partial charge in [-0.05, 0) is 17.9 Å². The lowest BCUT2D eigenvalue weighted by atomic mass is 10.1. The number of carbonyl (C=O) groups is 1. The van der Waals surface area contributed by atoms with Crippen LogP contribution in [0.4, 0.5) is 13.2 Å². The molecule has 0 saturated carbocycles. The average Bonchev–Trinajstić information content (AvgIpc) is 2.78. The lowest BCUT2D eigenvalue weighted by Gasteiger charge is -2.09. The van der Waals surface area contributed by atoms with Crippen molar-refractivity contribution in [3.05, 3.63) is 32.9 Å². The molecule has 2 rings (SSSR count). The van der Waals surface area contributed by atoms with E-state index in [4.69, 9.17) is 11.6 Å². The topological polar surface area (TPSA) is 52.1 Å². The van der Waals surface area contributed by atoms with Crippen molar-refractivity contribution < 1.29 is 22.7 Å². The van der Waals surface area contributed by atoms with E-state index in [2.05, 4.69) is 14.7 Å². The van der Waals surface area contributed by atoms with Gasteiger partial charge in [-0.2, -0.15) is 13.2 Å². The fourth-order valence-electron chi connectivity index (χ4n) is 1.68. The van der Waals surface area contributed by atoms with Crippen LogP contribution >= 0.6 is 22.9 Å². The molecule has 0 bridgehead atoms. The van der Waals surface area contributed by atoms with Gasteiger partial charge in [0.25, 0.3) is 0 Å². The number of rotatable bonds is 2. The fraction of sp³-hybridized carbons (Fsp3) is 0.250. The summed E-state index contributed by atoms with van der Waals surface area (Å²) in [5.74, 6) is -2.00. The van der Waals surface area contributed by atoms with E-state index in [9.17, 15) is 18.0 Å². The fourth-order valence-corrected chi connectivity index (χ4v) is 2.84. The molecule has 0 aromatic carbocycles. The van der Waals surface area contributed by atoms with Gasteiger partial charge >= 0.3 is 12.1 Å². The van der Waals surface area contributed by atoms with Gasteiger partial charge in [-0.25, -0.2) is 14.8 Å². The first-order valence-corrected chi connectivity index (χ1v) is 6.78. The Hall–Kier alpha value is -1.67. The van der Waals surface area contributed by atoms with Gasteiger partial charge in [0.1, 0.15) is 10.0 Å². The molecule has 2 aromatic rings. The molecule has 0 amide bonds. The van der Waals surface area contributed by atoms with E-state index in [1.807, 2.05) is 0 Å². The van der Waals surface area contributed by atoms with Crippen LogP contribution in [0, 0.1) is 6.92 Å². The number of alkyl halides is 3. The Morgan fingerprint density at radius 2 is 2.05 bits per heavy atom. The summed E-state index contributed by atoms with van der Waals surface area (Å²) in [6, 6.07) is 1.18. The summed E-state index contributed by atoms with van der Waals surface area (Å²) in [6.45, 7) is 1.65. The molecule has 112 valence electrons. The normalized spacial score (nSPS) is 11.5. The molecule has 2 aromatic heterocycles. The van der Waals surface area contributed by atoms with Crippen LogP contribution in [-0.4, -0.2) is 23.0 Å². The second-order valence-electron chi connectivity index (χ2n) is 4.01. The Morgan fingerprint density at radius 1 is 1.38 bits per heavy atom. The first-order valence-electron chi connectivity index (χ1n) is 5.52. The van der Waals surface area contributed by atoms with Gasteiger partial charge in [-0.3, -0.25) is 0 Å². The smallest absolute Gasteiger partial charge is 0.451 e. The second-order valence-corrected chi connectivity index (χ2v) is 5.28. The molecule has 0 aliphatic heterocycles. The molecule has 0 saturated heterocycles. The number of aromatic nitrogens is 2. The van der Waals surface area contributed by atoms with Gasteiger partial charge in [-0.15, -0.1) is 11.3 Å². The lowest BCUT2D eigenvalue weighted by Crippen LogP contribution is -2.12. The number of esters is 1. The first-order chi connectivity index (χ1) is 9.74. The number of hydrogen-bond acceptors (Lipinski definition) is 5. The Kier molecular flexibility index (Phi) is 4.20. The minimum Gasteiger partial charge on any atom is -0.465 e. The summed E-state index contributed by atoms with van der Waals surface area (Å²) in [6.07, 6.45) is -4.73. The minimum absolute atomic E-state index is 0.0681. The van der Waals surface area contributed by atoms with Crippen molar-refractivity contribution in [2.24, 2.45) is 0 Å². The molecule has 0 aliphatic rings. The van der Waals surface area contributed by atoms with Gasteiger partial charge in [-0.1, -0.05) is 11.6 Å². The van der Waals surface area contributed by atoms with Gasteiger partial charge in [0.05, 0.1) is 12.8 Å². The van der Waals surface area contributed by atoms with E-state index >= 15 is 0 Å². The zero-order valence-corrected chi connectivity index (χ0v) is 12.4. The summed E-state index contributed by atoms with van der Waals surface area (Å²) >= 11 is 6.69. The van der Waals surface area contributed by atoms with Gasteiger partial charge < -0.3 is 4.74 Å². The van der Waals surface area contributed by atoms with E-state index < -0.39 is 18.0 Å². The third kappa shape index (κ3) is 3.16. The van der Waals surface area contributed by atoms with Gasteiger partial charge in [0.2, 0.25) is 5.82 Å². The summed E-state index contributed by atoms with van der Waals surface area (Å²) in [5.41, 5.74) is 0.798. The highest BCUT2D eigenvalue weighted by atomic mass is 35.5. The molecular weight excluding hydrogens is 329 g/mol. The molecule has 0 N–H and O–H groups in total. The molecular formula is C12H8ClF3N2O2S. The summed E-state index contributed by atoms with van der Waals surface area (Å²) in [7, 11) is 1.19. The lowest BCUT2D eigenvalue weighted by molar-refractivity contribution is -0.144. The molecule has 0 fully saturated rings. The van der Waals surface area contributed by atoms with E-state index in [0.29, 0.717) is 5.56 Å². The maximum Gasteiger partial charge on any atom is 0.451 e. The van der Waals surface area contributed by atoms with Crippen molar-refractivity contribution in [2.45, 2.75) is 13.1 Å². The molecule has 0 unspecified atom stereocenters. The van der Waals surface area contributed by atoms with Crippen LogP contribution in [0.15, 0.2) is 11.4 Å². The van der Waals surface area contributed by atoms with E-state index in [1.165, 1.54) is 13.2 Å². The number of ether oxygens (including phenoxy) is 1. The Labute approximate surface area is 126 Å². The summed E-state index contributed by atoms with van der Waals surface area (Å²) < 4.78 is 42.8. The van der Waals surface area contributed by atoms with Crippen LogP contribution in [0.2, 0.25) is 5.15 Å². The number of methoxy groups -OCH3 is 1. The van der Waals surface area contributed by atoms with Gasteiger partial charge in [0.15, 0.2) is 0 Å². The van der Waals surface area contributed by atoms with Crippen molar-refractivity contribution in [1.29, 1.82) is 0 Å². The van der Waals surface area contributed by atoms with Crippen LogP contribution in [0.3, 0.4) is 0 Å². The van der Waals surface area contributed by atoms with Crippen molar-refractivity contribution in [3.63, 3.8) is 0 Å². The minimum atomic E-state index is -4.73. The SMILES string of the molecule is COC(=O)c1scc(C)c1-c1cc(Cl)nc(C(F)(F)F)n1. The molecule has 0 aliphatic carbocycles. The number of aryl methyl sites for hydroxylation is 1. The van der Waals surface area contributed by atoms with Crippen molar-refractivity contribution in [1.82, 2.24) is 9.97 Å². The van der Waals surface area contributed by atoms with Crippen LogP contribution < -0.4 is 0 Å². The van der Waals surface area contributed by atoms with Crippen molar-refractivity contribution in [3.8, 4) is 11.3 Å². The monoisotopic (exact) mass is 336 g/mol. The third-order valence-electron chi connectivity index (χ3n) is 2.55. The zero-order valence-electron chi connectivity index (χ0n) is 10.8. The molecule has 0 spiro atoms. The highest BCUT2D eigenvalue weighted by molar-refractivity contribution is 7.12. The molecule has 21 heavy (non-hydrogen) atoms. The van der Waals surface area contributed by atoms with Crippen LogP contribution in [0.5, 0.6) is 0 Å². The number of hydrogen-bond donors (Lipinski definition) is 0. The highest BCUT2D eigenvalue weighted by Crippen LogP contribution is 2.35. The van der Waals surface area contributed by atoms with Crippen LogP contribution in [0.1, 0.15) is 21.1 Å². The number of carbonyl (C=O) groups excluding carboxylic acids is 1. The molecule has 0 atom stereocenters. The standard InChI is InChI=1S/C12H8ClF3N2O2S/c1-5-4-21-9(10(19)20-2)8(5)6-3-7(13)18-11(17-6)12(14,15)16/h3-4H,1-2H3. The quantitative estimate of drug-likeness (QED) is 0.615. The maximum absolute atomic E-state index is 12.7. The number of nitrogens with zero attached hydrogens (tertiary/aromatic N) is 2. The van der Waals surface area contributed by atoms with Crippen molar-refractivity contribution >= 4 is 28.9 Å². The van der Waals surface area contributed by atoms with E-state index in [1.54, 1.807) is 12.3 Å². The first kappa shape index (κ1) is 15.7.